The molecule has 1 saturated heterocycles. The molecule has 1 N–H and O–H groups in total. The molecule has 0 bridgehead atoms. The van der Waals surface area contributed by atoms with E-state index in [1.807, 2.05) is 28.9 Å². The predicted octanol–water partition coefficient (Wildman–Crippen LogP) is 4.81. The average Bonchev–Trinajstić information content (AvgIpc) is 3.13. The number of hydrogen-bond acceptors (Lipinski definition) is 3. The molecule has 156 valence electrons. The molecule has 0 aliphatic carbocycles. The van der Waals surface area contributed by atoms with Crippen LogP contribution in [0, 0.1) is 0 Å². The lowest BCUT2D eigenvalue weighted by atomic mass is 10.0. The zero-order chi connectivity index (χ0) is 21.0. The van der Waals surface area contributed by atoms with Crippen molar-refractivity contribution in [2.45, 2.75) is 52.5 Å². The summed E-state index contributed by atoms with van der Waals surface area (Å²) in [4.78, 5) is 15.5. The van der Waals surface area contributed by atoms with Gasteiger partial charge in [0.2, 0.25) is 0 Å². The van der Waals surface area contributed by atoms with Gasteiger partial charge in [0.1, 0.15) is 0 Å². The van der Waals surface area contributed by atoms with Crippen LogP contribution < -0.4 is 5.32 Å². The summed E-state index contributed by atoms with van der Waals surface area (Å²) in [6.07, 6.45) is 5.90. The van der Waals surface area contributed by atoms with E-state index in [4.69, 9.17) is 11.6 Å². The van der Waals surface area contributed by atoms with Crippen molar-refractivity contribution in [2.24, 2.45) is 0 Å². The number of nitrogens with zero attached hydrogens (tertiary/aromatic N) is 3. The lowest BCUT2D eigenvalue weighted by Crippen LogP contribution is -2.44. The minimum atomic E-state index is -0.0309. The number of amides is 1. The molecule has 1 aliphatic rings. The summed E-state index contributed by atoms with van der Waals surface area (Å²) in [5.74, 6) is 0.136. The summed E-state index contributed by atoms with van der Waals surface area (Å²) in [5, 5.41) is 8.42. The van der Waals surface area contributed by atoms with Gasteiger partial charge in [0, 0.05) is 30.7 Å². The first-order valence-electron chi connectivity index (χ1n) is 10.4. The minimum absolute atomic E-state index is 0.0309. The number of likely N-dealkylation sites (tertiary alicyclic amines) is 1. The second-order valence-corrected chi connectivity index (χ2v) is 8.75. The van der Waals surface area contributed by atoms with Gasteiger partial charge < -0.3 is 5.32 Å². The number of benzene rings is 1. The maximum Gasteiger partial charge on any atom is 0.255 e. The number of aromatic nitrogens is 2. The number of rotatable bonds is 6. The largest absolute Gasteiger partial charge is 0.349 e. The van der Waals surface area contributed by atoms with Crippen LogP contribution in [0.5, 0.6) is 0 Å². The molecular formula is C23H31ClN4O. The molecule has 1 aromatic heterocycles. The van der Waals surface area contributed by atoms with Crippen molar-refractivity contribution in [3.8, 4) is 5.69 Å². The molecule has 0 saturated carbocycles. The molecule has 29 heavy (non-hydrogen) atoms. The second kappa shape index (κ2) is 9.59. The fourth-order valence-corrected chi connectivity index (χ4v) is 3.84. The maximum atomic E-state index is 13.0. The smallest absolute Gasteiger partial charge is 0.255 e. The van der Waals surface area contributed by atoms with Crippen LogP contribution in [0.15, 0.2) is 42.1 Å². The highest BCUT2D eigenvalue weighted by atomic mass is 35.5. The molecule has 5 nitrogen and oxygen atoms in total. The van der Waals surface area contributed by atoms with Crippen molar-refractivity contribution in [3.63, 3.8) is 0 Å². The highest BCUT2D eigenvalue weighted by Gasteiger charge is 2.25. The van der Waals surface area contributed by atoms with Crippen LogP contribution in [0.25, 0.3) is 5.69 Å². The first-order chi connectivity index (χ1) is 13.8. The van der Waals surface area contributed by atoms with Crippen LogP contribution in [0.3, 0.4) is 0 Å². The molecule has 1 amide bonds. The fraction of sp³-hybridized carbons (Fsp3) is 0.478. The van der Waals surface area contributed by atoms with Crippen molar-refractivity contribution in [3.05, 3.63) is 58.4 Å². The Morgan fingerprint density at radius 1 is 1.24 bits per heavy atom. The third kappa shape index (κ3) is 5.49. The van der Waals surface area contributed by atoms with Crippen LogP contribution >= 0.6 is 11.6 Å². The van der Waals surface area contributed by atoms with Gasteiger partial charge >= 0.3 is 0 Å². The van der Waals surface area contributed by atoms with Crippen molar-refractivity contribution >= 4 is 17.5 Å². The zero-order valence-corrected chi connectivity index (χ0v) is 18.5. The van der Waals surface area contributed by atoms with Gasteiger partial charge in [-0.05, 0) is 56.9 Å². The topological polar surface area (TPSA) is 50.2 Å². The molecule has 0 spiro atoms. The van der Waals surface area contributed by atoms with Crippen molar-refractivity contribution in [1.82, 2.24) is 20.0 Å². The molecule has 0 atom stereocenters. The Balaban J connectivity index is 1.69. The Labute approximate surface area is 178 Å². The maximum absolute atomic E-state index is 13.0. The normalized spacial score (nSPS) is 15.5. The number of halogens is 1. The lowest BCUT2D eigenvalue weighted by molar-refractivity contribution is 0.0912. The monoisotopic (exact) mass is 414 g/mol. The Morgan fingerprint density at radius 2 is 1.90 bits per heavy atom. The van der Waals surface area contributed by atoms with Crippen LogP contribution in [0.1, 0.15) is 62.5 Å². The molecule has 0 radical (unpaired) electrons. The van der Waals surface area contributed by atoms with E-state index >= 15 is 0 Å². The first kappa shape index (κ1) is 21.6. The van der Waals surface area contributed by atoms with E-state index in [1.165, 1.54) is 5.57 Å². The first-order valence-corrected chi connectivity index (χ1v) is 10.7. The van der Waals surface area contributed by atoms with E-state index in [1.54, 1.807) is 6.20 Å². The fourth-order valence-electron chi connectivity index (χ4n) is 3.71. The second-order valence-electron chi connectivity index (χ2n) is 8.32. The Morgan fingerprint density at radius 3 is 2.48 bits per heavy atom. The van der Waals surface area contributed by atoms with Crippen LogP contribution in [0.2, 0.25) is 5.02 Å². The SMILES string of the molecule is CC(C)=CCN1CCC(NC(=O)c2cnn(-c3ccc(Cl)cc3)c2C(C)C)CC1. The summed E-state index contributed by atoms with van der Waals surface area (Å²) in [5.41, 5.74) is 3.83. The van der Waals surface area contributed by atoms with Gasteiger partial charge in [0.25, 0.3) is 5.91 Å². The van der Waals surface area contributed by atoms with Crippen molar-refractivity contribution in [1.29, 1.82) is 0 Å². The van der Waals surface area contributed by atoms with Crippen molar-refractivity contribution < 1.29 is 4.79 Å². The number of carbonyl (C=O) groups is 1. The van der Waals surface area contributed by atoms with Gasteiger partial charge in [-0.3, -0.25) is 9.69 Å². The van der Waals surface area contributed by atoms with E-state index < -0.39 is 0 Å². The number of carbonyl (C=O) groups excluding carboxylic acids is 1. The number of piperidine rings is 1. The third-order valence-electron chi connectivity index (χ3n) is 5.35. The van der Waals surface area contributed by atoms with E-state index in [9.17, 15) is 4.79 Å². The standard InChI is InChI=1S/C23H31ClN4O/c1-16(2)9-12-27-13-10-19(11-14-27)26-23(29)21-15-25-28(22(21)17(3)4)20-7-5-18(24)6-8-20/h5-9,15,17,19H,10-14H2,1-4H3,(H,26,29). The van der Waals surface area contributed by atoms with Crippen LogP contribution in [-0.4, -0.2) is 46.3 Å². The van der Waals surface area contributed by atoms with Gasteiger partial charge in [-0.1, -0.05) is 37.1 Å². The van der Waals surface area contributed by atoms with E-state index in [0.717, 1.165) is 43.9 Å². The highest BCUT2D eigenvalue weighted by Crippen LogP contribution is 2.24. The molecule has 0 unspecified atom stereocenters. The van der Waals surface area contributed by atoms with Gasteiger partial charge in [-0.2, -0.15) is 5.10 Å². The number of hydrogen-bond donors (Lipinski definition) is 1. The van der Waals surface area contributed by atoms with E-state index in [-0.39, 0.29) is 17.9 Å². The molecule has 1 aliphatic heterocycles. The molecule has 2 heterocycles. The molecular weight excluding hydrogens is 384 g/mol. The van der Waals surface area contributed by atoms with E-state index in [2.05, 4.69) is 49.1 Å². The summed E-state index contributed by atoms with van der Waals surface area (Å²) in [6.45, 7) is 11.4. The molecule has 1 fully saturated rings. The summed E-state index contributed by atoms with van der Waals surface area (Å²) in [7, 11) is 0. The third-order valence-corrected chi connectivity index (χ3v) is 5.60. The van der Waals surface area contributed by atoms with E-state index in [0.29, 0.717) is 10.6 Å². The molecule has 3 rings (SSSR count). The van der Waals surface area contributed by atoms with Crippen molar-refractivity contribution in [2.75, 3.05) is 19.6 Å². The zero-order valence-electron chi connectivity index (χ0n) is 17.8. The Hall–Kier alpha value is -2.11. The average molecular weight is 415 g/mol. The number of allylic oxidation sites excluding steroid dienone is 1. The van der Waals surface area contributed by atoms with Crippen LogP contribution in [0.4, 0.5) is 0 Å². The van der Waals surface area contributed by atoms with Crippen LogP contribution in [-0.2, 0) is 0 Å². The minimum Gasteiger partial charge on any atom is -0.349 e. The van der Waals surface area contributed by atoms with Gasteiger partial charge in [0.05, 0.1) is 23.1 Å². The Kier molecular flexibility index (Phi) is 7.14. The van der Waals surface area contributed by atoms with Gasteiger partial charge in [0.15, 0.2) is 0 Å². The molecule has 1 aromatic carbocycles. The predicted molar refractivity (Wildman–Crippen MR) is 119 cm³/mol. The summed E-state index contributed by atoms with van der Waals surface area (Å²) in [6, 6.07) is 7.73. The summed E-state index contributed by atoms with van der Waals surface area (Å²) >= 11 is 6.01. The lowest BCUT2D eigenvalue weighted by Gasteiger charge is -2.31. The molecule has 6 heteroatoms. The van der Waals surface area contributed by atoms with Gasteiger partial charge in [-0.25, -0.2) is 4.68 Å². The highest BCUT2D eigenvalue weighted by molar-refractivity contribution is 6.30. The quantitative estimate of drug-likeness (QED) is 0.690. The number of nitrogens with one attached hydrogen (secondary N) is 1. The Bertz CT molecular complexity index is 858. The van der Waals surface area contributed by atoms with Gasteiger partial charge in [-0.15, -0.1) is 0 Å². The molecule has 2 aromatic rings. The summed E-state index contributed by atoms with van der Waals surface area (Å²) < 4.78 is 1.85.